The summed E-state index contributed by atoms with van der Waals surface area (Å²) in [4.78, 5) is 23.6. The summed E-state index contributed by atoms with van der Waals surface area (Å²) in [5.74, 6) is 0.170. The molecule has 22 heavy (non-hydrogen) atoms. The molecule has 1 aliphatic carbocycles. The third-order valence-corrected chi connectivity index (χ3v) is 4.49. The monoisotopic (exact) mass is 302 g/mol. The number of nitrogens with two attached hydrogens (primary N) is 1. The zero-order valence-corrected chi connectivity index (χ0v) is 13.5. The van der Waals surface area contributed by atoms with Gasteiger partial charge in [-0.15, -0.1) is 0 Å². The number of hydrogen-bond donors (Lipinski definition) is 2. The number of rotatable bonds is 5. The second kappa shape index (κ2) is 7.43. The van der Waals surface area contributed by atoms with Crippen LogP contribution in [0, 0.1) is 11.8 Å². The number of carbonyl (C=O) groups is 2. The molecule has 1 unspecified atom stereocenters. The molecule has 1 fully saturated rings. The molecule has 4 nitrogen and oxygen atoms in total. The highest BCUT2D eigenvalue weighted by Gasteiger charge is 2.25. The Hall–Kier alpha value is -1.84. The van der Waals surface area contributed by atoms with Gasteiger partial charge in [-0.05, 0) is 36.5 Å². The second-order valence-electron chi connectivity index (χ2n) is 6.55. The van der Waals surface area contributed by atoms with Crippen LogP contribution in [0.4, 0.5) is 0 Å². The molecule has 4 heteroatoms. The minimum Gasteiger partial charge on any atom is -0.366 e. The summed E-state index contributed by atoms with van der Waals surface area (Å²) in [7, 11) is 0. The molecule has 1 aromatic rings. The summed E-state index contributed by atoms with van der Waals surface area (Å²) in [5, 5.41) is 3.20. The van der Waals surface area contributed by atoms with Crippen LogP contribution in [-0.4, -0.2) is 11.8 Å². The molecule has 1 atom stereocenters. The van der Waals surface area contributed by atoms with Crippen molar-refractivity contribution in [1.82, 2.24) is 5.32 Å². The van der Waals surface area contributed by atoms with Gasteiger partial charge in [-0.25, -0.2) is 0 Å². The van der Waals surface area contributed by atoms with E-state index in [1.54, 1.807) is 12.1 Å². The summed E-state index contributed by atoms with van der Waals surface area (Å²) in [5.41, 5.74) is 6.78. The number of hydrogen-bond acceptors (Lipinski definition) is 2. The van der Waals surface area contributed by atoms with Crippen molar-refractivity contribution in [2.75, 3.05) is 0 Å². The highest BCUT2D eigenvalue weighted by atomic mass is 16.2. The van der Waals surface area contributed by atoms with E-state index in [1.165, 1.54) is 6.42 Å². The molecule has 1 aromatic carbocycles. The fourth-order valence-electron chi connectivity index (χ4n) is 3.13. The lowest BCUT2D eigenvalue weighted by atomic mass is 9.87. The molecular formula is C18H26N2O2. The maximum atomic E-state index is 12.5. The molecule has 0 aromatic heterocycles. The average Bonchev–Trinajstić information content (AvgIpc) is 2.53. The first-order valence-corrected chi connectivity index (χ1v) is 8.19. The van der Waals surface area contributed by atoms with Crippen LogP contribution in [0.5, 0.6) is 0 Å². The van der Waals surface area contributed by atoms with Gasteiger partial charge in [-0.3, -0.25) is 9.59 Å². The maximum absolute atomic E-state index is 12.5. The van der Waals surface area contributed by atoms with Crippen molar-refractivity contribution in [2.24, 2.45) is 17.6 Å². The van der Waals surface area contributed by atoms with Gasteiger partial charge in [0.1, 0.15) is 0 Å². The van der Waals surface area contributed by atoms with Gasteiger partial charge in [0.15, 0.2) is 0 Å². The molecule has 2 amide bonds. The smallest absolute Gasteiger partial charge is 0.248 e. The second-order valence-corrected chi connectivity index (χ2v) is 6.55. The Bertz CT molecular complexity index is 516. The minimum atomic E-state index is -0.432. The number of carbonyl (C=O) groups excluding carboxylic acids is 2. The first-order valence-electron chi connectivity index (χ1n) is 8.19. The quantitative estimate of drug-likeness (QED) is 0.876. The lowest BCUT2D eigenvalue weighted by molar-refractivity contribution is -0.127. The van der Waals surface area contributed by atoms with Crippen LogP contribution in [0.1, 0.15) is 67.9 Å². The van der Waals surface area contributed by atoms with E-state index in [1.807, 2.05) is 12.1 Å². The molecule has 0 aliphatic heterocycles. The molecule has 2 rings (SSSR count). The Balaban J connectivity index is 2.08. The van der Waals surface area contributed by atoms with Crippen LogP contribution < -0.4 is 11.1 Å². The average molecular weight is 302 g/mol. The van der Waals surface area contributed by atoms with Gasteiger partial charge < -0.3 is 11.1 Å². The Morgan fingerprint density at radius 2 is 1.68 bits per heavy atom. The van der Waals surface area contributed by atoms with E-state index >= 15 is 0 Å². The van der Waals surface area contributed by atoms with Crippen molar-refractivity contribution >= 4 is 11.8 Å². The lowest BCUT2D eigenvalue weighted by Gasteiger charge is -2.27. The minimum absolute atomic E-state index is 0.0312. The van der Waals surface area contributed by atoms with Gasteiger partial charge >= 0.3 is 0 Å². The van der Waals surface area contributed by atoms with Crippen LogP contribution in [-0.2, 0) is 4.79 Å². The van der Waals surface area contributed by atoms with E-state index in [0.29, 0.717) is 5.56 Å². The zero-order chi connectivity index (χ0) is 16.1. The number of nitrogens with one attached hydrogen (secondary N) is 1. The van der Waals surface area contributed by atoms with Crippen LogP contribution in [0.2, 0.25) is 0 Å². The Labute approximate surface area is 132 Å². The number of benzene rings is 1. The summed E-state index contributed by atoms with van der Waals surface area (Å²) < 4.78 is 0. The van der Waals surface area contributed by atoms with E-state index in [0.717, 1.165) is 31.2 Å². The van der Waals surface area contributed by atoms with Crippen molar-refractivity contribution in [3.63, 3.8) is 0 Å². The first kappa shape index (κ1) is 16.5. The van der Waals surface area contributed by atoms with Crippen molar-refractivity contribution in [3.05, 3.63) is 35.4 Å². The standard InChI is InChI=1S/C18H26N2O2/c1-12(2)16(13-8-10-14(11-9-13)17(19)21)20-18(22)15-6-4-3-5-7-15/h8-12,15-16H,3-7H2,1-2H3,(H2,19,21)(H,20,22). The van der Waals surface area contributed by atoms with E-state index in [9.17, 15) is 9.59 Å². The normalized spacial score (nSPS) is 17.2. The van der Waals surface area contributed by atoms with Gasteiger partial charge in [0, 0.05) is 11.5 Å². The molecule has 1 saturated carbocycles. The van der Waals surface area contributed by atoms with Gasteiger partial charge in [-0.1, -0.05) is 45.2 Å². The Morgan fingerprint density at radius 3 is 2.18 bits per heavy atom. The molecule has 0 spiro atoms. The topological polar surface area (TPSA) is 72.2 Å². The van der Waals surface area contributed by atoms with E-state index in [2.05, 4.69) is 19.2 Å². The van der Waals surface area contributed by atoms with Crippen molar-refractivity contribution in [1.29, 1.82) is 0 Å². The molecule has 1 aliphatic rings. The van der Waals surface area contributed by atoms with Crippen LogP contribution in [0.15, 0.2) is 24.3 Å². The molecule has 3 N–H and O–H groups in total. The molecular weight excluding hydrogens is 276 g/mol. The van der Waals surface area contributed by atoms with Crippen LogP contribution in [0.3, 0.4) is 0 Å². The van der Waals surface area contributed by atoms with E-state index in [-0.39, 0.29) is 23.8 Å². The third kappa shape index (κ3) is 4.09. The third-order valence-electron chi connectivity index (χ3n) is 4.49. The maximum Gasteiger partial charge on any atom is 0.248 e. The lowest BCUT2D eigenvalue weighted by Crippen LogP contribution is -2.37. The molecule has 0 heterocycles. The molecule has 0 saturated heterocycles. The summed E-state index contributed by atoms with van der Waals surface area (Å²) in [6.45, 7) is 4.18. The predicted octanol–water partition coefficient (Wildman–Crippen LogP) is 3.18. The van der Waals surface area contributed by atoms with Crippen LogP contribution >= 0.6 is 0 Å². The van der Waals surface area contributed by atoms with Gasteiger partial charge in [-0.2, -0.15) is 0 Å². The number of primary amides is 1. The summed E-state index contributed by atoms with van der Waals surface area (Å²) >= 11 is 0. The van der Waals surface area contributed by atoms with Gasteiger partial charge in [0.25, 0.3) is 0 Å². The van der Waals surface area contributed by atoms with Gasteiger partial charge in [0.05, 0.1) is 6.04 Å². The van der Waals surface area contributed by atoms with E-state index < -0.39 is 5.91 Å². The Morgan fingerprint density at radius 1 is 1.09 bits per heavy atom. The molecule has 120 valence electrons. The molecule has 0 bridgehead atoms. The predicted molar refractivity (Wildman–Crippen MR) is 87.3 cm³/mol. The zero-order valence-electron chi connectivity index (χ0n) is 13.5. The summed E-state index contributed by atoms with van der Waals surface area (Å²) in [6.07, 6.45) is 5.54. The van der Waals surface area contributed by atoms with Crippen molar-refractivity contribution < 1.29 is 9.59 Å². The fraction of sp³-hybridized carbons (Fsp3) is 0.556. The molecule has 0 radical (unpaired) electrons. The van der Waals surface area contributed by atoms with E-state index in [4.69, 9.17) is 5.73 Å². The SMILES string of the molecule is CC(C)C(NC(=O)C1CCCCC1)c1ccc(C(N)=O)cc1. The van der Waals surface area contributed by atoms with Gasteiger partial charge in [0.2, 0.25) is 11.8 Å². The summed E-state index contributed by atoms with van der Waals surface area (Å²) in [6, 6.07) is 7.17. The highest BCUT2D eigenvalue weighted by molar-refractivity contribution is 5.92. The first-order chi connectivity index (χ1) is 10.5. The number of amides is 2. The fourth-order valence-corrected chi connectivity index (χ4v) is 3.13. The van der Waals surface area contributed by atoms with Crippen LogP contribution in [0.25, 0.3) is 0 Å². The highest BCUT2D eigenvalue weighted by Crippen LogP contribution is 2.27. The Kier molecular flexibility index (Phi) is 5.58. The van der Waals surface area contributed by atoms with Crippen molar-refractivity contribution in [2.45, 2.75) is 52.0 Å². The largest absolute Gasteiger partial charge is 0.366 e. The van der Waals surface area contributed by atoms with Crippen molar-refractivity contribution in [3.8, 4) is 0 Å².